The van der Waals surface area contributed by atoms with Gasteiger partial charge in [0.2, 0.25) is 5.43 Å². The van der Waals surface area contributed by atoms with Crippen LogP contribution in [-0.4, -0.2) is 40.4 Å². The molecule has 180 valence electrons. The Morgan fingerprint density at radius 1 is 1.06 bits per heavy atom. The van der Waals surface area contributed by atoms with Crippen LogP contribution in [0.15, 0.2) is 64.4 Å². The third-order valence-corrected chi connectivity index (χ3v) is 8.36. The number of amides is 1. The second-order valence-electron chi connectivity index (χ2n) is 9.46. The maximum absolute atomic E-state index is 13.5. The van der Waals surface area contributed by atoms with Crippen LogP contribution >= 0.6 is 11.8 Å². The van der Waals surface area contributed by atoms with E-state index in [0.717, 1.165) is 40.4 Å². The van der Waals surface area contributed by atoms with E-state index in [1.165, 1.54) is 11.6 Å². The fourth-order valence-electron chi connectivity index (χ4n) is 5.27. The molecule has 3 aliphatic rings. The first-order valence-electron chi connectivity index (χ1n) is 12.0. The lowest BCUT2D eigenvalue weighted by Crippen LogP contribution is -2.56. The summed E-state index contributed by atoms with van der Waals surface area (Å²) in [5, 5.41) is 12.8. The summed E-state index contributed by atoms with van der Waals surface area (Å²) < 4.78 is 8.08. The maximum atomic E-state index is 13.5. The molecule has 2 atom stereocenters. The van der Waals surface area contributed by atoms with Crippen LogP contribution in [0.2, 0.25) is 0 Å². The monoisotopic (exact) mass is 489 g/mol. The van der Waals surface area contributed by atoms with E-state index in [4.69, 9.17) is 4.74 Å². The summed E-state index contributed by atoms with van der Waals surface area (Å²) in [7, 11) is 0. The minimum Gasteiger partial charge on any atom is -0.502 e. The van der Waals surface area contributed by atoms with Gasteiger partial charge < -0.3 is 14.7 Å². The van der Waals surface area contributed by atoms with Gasteiger partial charge >= 0.3 is 0 Å². The molecule has 0 radical (unpaired) electrons. The number of carbonyl (C=O) groups excluding carboxylic acids is 1. The highest BCUT2D eigenvalue weighted by molar-refractivity contribution is 7.98. The van der Waals surface area contributed by atoms with E-state index >= 15 is 0 Å². The molecule has 8 heteroatoms. The van der Waals surface area contributed by atoms with E-state index in [0.29, 0.717) is 25.7 Å². The van der Waals surface area contributed by atoms with E-state index in [1.807, 2.05) is 24.3 Å². The Balaban J connectivity index is 1.65. The number of hydrogen-bond acceptors (Lipinski definition) is 6. The third-order valence-electron chi connectivity index (χ3n) is 7.22. The number of aromatic nitrogens is 1. The van der Waals surface area contributed by atoms with E-state index in [9.17, 15) is 14.7 Å². The number of benzene rings is 2. The molecule has 1 N–H and O–H groups in total. The molecular formula is C27H27N3O4S. The van der Waals surface area contributed by atoms with Crippen LogP contribution in [0.25, 0.3) is 0 Å². The highest BCUT2D eigenvalue weighted by Gasteiger charge is 2.39. The smallest absolute Gasteiger partial charge is 0.277 e. The Hall–Kier alpha value is -3.39. The topological polar surface area (TPSA) is 75.0 Å². The third kappa shape index (κ3) is 3.67. The summed E-state index contributed by atoms with van der Waals surface area (Å²) >= 11 is 1.79. The average Bonchev–Trinajstić information content (AvgIpc) is 3.02. The first kappa shape index (κ1) is 22.1. The zero-order chi connectivity index (χ0) is 24.1. The predicted molar refractivity (Wildman–Crippen MR) is 135 cm³/mol. The molecule has 4 heterocycles. The minimum atomic E-state index is -0.554. The summed E-state index contributed by atoms with van der Waals surface area (Å²) in [5.74, 6) is 1.18. The van der Waals surface area contributed by atoms with Crippen LogP contribution in [0, 0.1) is 5.92 Å². The molecule has 2 aromatic carbocycles. The number of pyridine rings is 1. The van der Waals surface area contributed by atoms with E-state index in [2.05, 4.69) is 30.1 Å². The number of fused-ring (bicyclic) bond motifs is 7. The van der Waals surface area contributed by atoms with Gasteiger partial charge in [-0.25, -0.2) is 0 Å². The van der Waals surface area contributed by atoms with Gasteiger partial charge in [-0.1, -0.05) is 37.3 Å². The lowest BCUT2D eigenvalue weighted by atomic mass is 9.93. The van der Waals surface area contributed by atoms with Crippen molar-refractivity contribution in [3.05, 3.63) is 87.3 Å². The Labute approximate surface area is 207 Å². The van der Waals surface area contributed by atoms with Gasteiger partial charge in [-0.2, -0.15) is 0 Å². The molecular weight excluding hydrogens is 462 g/mol. The number of rotatable bonds is 0. The highest BCUT2D eigenvalue weighted by atomic mass is 32.2. The second-order valence-corrected chi connectivity index (χ2v) is 10.5. The van der Waals surface area contributed by atoms with Crippen molar-refractivity contribution in [1.29, 1.82) is 0 Å². The van der Waals surface area contributed by atoms with Crippen molar-refractivity contribution in [3.8, 4) is 11.5 Å². The predicted octanol–water partition coefficient (Wildman–Crippen LogP) is 4.11. The molecule has 0 fully saturated rings. The maximum Gasteiger partial charge on any atom is 0.277 e. The average molecular weight is 490 g/mol. The van der Waals surface area contributed by atoms with Crippen LogP contribution in [0.5, 0.6) is 11.5 Å². The number of nitrogens with zero attached hydrogens (tertiary/aromatic N) is 3. The van der Waals surface area contributed by atoms with Crippen molar-refractivity contribution in [2.45, 2.75) is 36.5 Å². The van der Waals surface area contributed by atoms with E-state index in [-0.39, 0.29) is 17.6 Å². The van der Waals surface area contributed by atoms with Gasteiger partial charge in [0, 0.05) is 35.0 Å². The standard InChI is InChI=1S/C27H27N3O4S/c1-17-9-12-28-16-30(29-13-10-20(31)26(32)25(29)27(28)33)24-19-6-2-3-8-22(19)35-15-18-5-4-7-21(23(18)24)34-14-11-17/h2-8,10,13,17,24,32H,9,11-12,14-16H2,1H3/t17-,24-/m0/s1. The van der Waals surface area contributed by atoms with E-state index in [1.54, 1.807) is 27.5 Å². The van der Waals surface area contributed by atoms with Gasteiger partial charge in [-0.15, -0.1) is 11.8 Å². The molecule has 1 amide bonds. The van der Waals surface area contributed by atoms with Gasteiger partial charge in [0.1, 0.15) is 18.5 Å². The van der Waals surface area contributed by atoms with Gasteiger partial charge in [-0.3, -0.25) is 19.3 Å². The SMILES string of the molecule is C[C@@H]1CCOc2cccc3c2[C@H](c2ccccc2SC3)N2CN(CC1)C(=O)c1c(O)c(=O)ccn12. The van der Waals surface area contributed by atoms with Crippen molar-refractivity contribution < 1.29 is 14.6 Å². The number of hydrogen-bond donors (Lipinski definition) is 1. The molecule has 2 bridgehead atoms. The van der Waals surface area contributed by atoms with Crippen molar-refractivity contribution in [2.24, 2.45) is 5.92 Å². The first-order valence-corrected chi connectivity index (χ1v) is 13.0. The number of aromatic hydroxyl groups is 1. The van der Waals surface area contributed by atoms with Crippen molar-refractivity contribution in [1.82, 2.24) is 9.58 Å². The highest BCUT2D eigenvalue weighted by Crippen LogP contribution is 2.46. The lowest BCUT2D eigenvalue weighted by Gasteiger charge is -2.44. The molecule has 0 spiro atoms. The lowest BCUT2D eigenvalue weighted by molar-refractivity contribution is 0.0665. The largest absolute Gasteiger partial charge is 0.502 e. The van der Waals surface area contributed by atoms with Crippen LogP contribution in [-0.2, 0) is 5.75 Å². The molecule has 0 unspecified atom stereocenters. The van der Waals surface area contributed by atoms with E-state index < -0.39 is 11.2 Å². The van der Waals surface area contributed by atoms with Crippen LogP contribution < -0.4 is 15.2 Å². The van der Waals surface area contributed by atoms with Gasteiger partial charge in [-0.05, 0) is 42.0 Å². The molecule has 0 saturated carbocycles. The molecule has 35 heavy (non-hydrogen) atoms. The van der Waals surface area contributed by atoms with Crippen molar-refractivity contribution >= 4 is 17.7 Å². The molecule has 1 aromatic heterocycles. The van der Waals surface area contributed by atoms with Gasteiger partial charge in [0.05, 0.1) is 6.61 Å². The molecule has 3 aromatic rings. The Morgan fingerprint density at radius 2 is 1.91 bits per heavy atom. The quantitative estimate of drug-likeness (QED) is 0.512. The Bertz CT molecular complexity index is 1370. The number of carbonyl (C=O) groups is 1. The normalized spacial score (nSPS) is 21.5. The van der Waals surface area contributed by atoms with Crippen LogP contribution in [0.4, 0.5) is 0 Å². The number of ether oxygens (including phenoxy) is 1. The van der Waals surface area contributed by atoms with Crippen LogP contribution in [0.3, 0.4) is 0 Å². The molecule has 3 aliphatic heterocycles. The molecule has 6 rings (SSSR count). The Morgan fingerprint density at radius 3 is 2.80 bits per heavy atom. The minimum absolute atomic E-state index is 0.0165. The van der Waals surface area contributed by atoms with Crippen LogP contribution in [0.1, 0.15) is 53.0 Å². The van der Waals surface area contributed by atoms with Crippen molar-refractivity contribution in [2.75, 3.05) is 24.8 Å². The Kier molecular flexibility index (Phi) is 5.48. The zero-order valence-electron chi connectivity index (χ0n) is 19.5. The fourth-order valence-corrected chi connectivity index (χ4v) is 6.35. The second kappa shape index (κ2) is 8.68. The summed E-state index contributed by atoms with van der Waals surface area (Å²) in [5.41, 5.74) is 2.81. The first-order chi connectivity index (χ1) is 17.0. The summed E-state index contributed by atoms with van der Waals surface area (Å²) in [6.45, 7) is 3.64. The molecule has 0 saturated heterocycles. The van der Waals surface area contributed by atoms with Crippen molar-refractivity contribution in [3.63, 3.8) is 0 Å². The number of thioether (sulfide) groups is 1. The zero-order valence-corrected chi connectivity index (χ0v) is 20.3. The molecule has 7 nitrogen and oxygen atoms in total. The fraction of sp³-hybridized carbons (Fsp3) is 0.333. The molecule has 0 aliphatic carbocycles. The summed E-state index contributed by atoms with van der Waals surface area (Å²) in [6.07, 6.45) is 3.29. The summed E-state index contributed by atoms with van der Waals surface area (Å²) in [6, 6.07) is 15.6. The van der Waals surface area contributed by atoms with Gasteiger partial charge in [0.15, 0.2) is 11.4 Å². The van der Waals surface area contributed by atoms with Gasteiger partial charge in [0.25, 0.3) is 5.91 Å². The summed E-state index contributed by atoms with van der Waals surface area (Å²) in [4.78, 5) is 28.8.